The van der Waals surface area contributed by atoms with Crippen LogP contribution < -0.4 is 4.74 Å². The second kappa shape index (κ2) is 24.4. The molecular formula is C82H69BrN8O2. The van der Waals surface area contributed by atoms with Gasteiger partial charge in [0.15, 0.2) is 0 Å². The molecule has 1 N–H and O–H groups in total. The second-order valence-corrected chi connectivity index (χ2v) is 26.7. The van der Waals surface area contributed by atoms with Crippen LogP contribution in [0.1, 0.15) is 63.8 Å². The van der Waals surface area contributed by atoms with Crippen LogP contribution in [0.2, 0.25) is 0 Å². The Morgan fingerprint density at radius 2 is 0.806 bits per heavy atom. The van der Waals surface area contributed by atoms with Crippen LogP contribution in [0.15, 0.2) is 272 Å². The minimum Gasteiger partial charge on any atom is -0.508 e. The largest absolute Gasteiger partial charge is 0.508 e. The first-order valence-corrected chi connectivity index (χ1v) is 32.1. The molecule has 6 aromatic heterocycles. The number of rotatable bonds is 8. The molecule has 0 aliphatic carbocycles. The Morgan fingerprint density at radius 1 is 0.376 bits per heavy atom. The maximum atomic E-state index is 10.1. The lowest BCUT2D eigenvalue weighted by Crippen LogP contribution is -2.10. The van der Waals surface area contributed by atoms with E-state index in [9.17, 15) is 5.11 Å². The molecule has 0 bridgehead atoms. The SMILES string of the molecule is Brc1cccc(-n2cnc3ccccc32)c1.Cc1cc(-n2c3ccccc3c3ccc(O)cc32)ncc1-c1ccc(C(C)(C)C)cc1.Cc1cc(-n2c3ccccc3c3ccc(Oc4cccc(-n5cnc6ccccc65)c4)cc32)ncc1-c1ccc(C(C)(C)C)cc1. The number of nitrogens with zero attached hydrogens (tertiary/aromatic N) is 8. The number of aromatic nitrogens is 8. The van der Waals surface area contributed by atoms with E-state index in [0.717, 1.165) is 110 Å². The fourth-order valence-electron chi connectivity index (χ4n) is 12.5. The van der Waals surface area contributed by atoms with E-state index < -0.39 is 0 Å². The Hall–Kier alpha value is -10.9. The van der Waals surface area contributed by atoms with Gasteiger partial charge in [0.2, 0.25) is 0 Å². The number of hydrogen-bond donors (Lipinski definition) is 1. The van der Waals surface area contributed by atoms with Crippen molar-refractivity contribution in [3.8, 4) is 62.5 Å². The van der Waals surface area contributed by atoms with Crippen LogP contribution >= 0.6 is 15.9 Å². The van der Waals surface area contributed by atoms with Gasteiger partial charge in [0.05, 0.1) is 49.8 Å². The molecule has 0 atom stereocenters. The lowest BCUT2D eigenvalue weighted by Gasteiger charge is -2.19. The molecule has 10 aromatic carbocycles. The number of benzene rings is 10. The number of phenols is 1. The molecule has 10 nitrogen and oxygen atoms in total. The van der Waals surface area contributed by atoms with Gasteiger partial charge >= 0.3 is 0 Å². The number of fused-ring (bicyclic) bond motifs is 8. The van der Waals surface area contributed by atoms with E-state index in [1.165, 1.54) is 38.8 Å². The number of halogens is 1. The highest BCUT2D eigenvalue weighted by Gasteiger charge is 2.20. The summed E-state index contributed by atoms with van der Waals surface area (Å²) in [5.74, 6) is 3.50. The predicted octanol–water partition coefficient (Wildman–Crippen LogP) is 21.5. The van der Waals surface area contributed by atoms with Crippen molar-refractivity contribution in [1.29, 1.82) is 0 Å². The van der Waals surface area contributed by atoms with Crippen molar-refractivity contribution in [2.45, 2.75) is 66.2 Å². The zero-order valence-corrected chi connectivity index (χ0v) is 54.8. The molecule has 0 unspecified atom stereocenters. The van der Waals surface area contributed by atoms with Crippen molar-refractivity contribution in [3.05, 3.63) is 294 Å². The average Bonchev–Trinajstić information content (AvgIpc) is 1.61. The van der Waals surface area contributed by atoms with E-state index in [0.29, 0.717) is 0 Å². The van der Waals surface area contributed by atoms with E-state index in [-0.39, 0.29) is 16.6 Å². The van der Waals surface area contributed by atoms with Crippen molar-refractivity contribution >= 4 is 81.6 Å². The molecule has 456 valence electrons. The molecule has 16 rings (SSSR count). The van der Waals surface area contributed by atoms with Gasteiger partial charge in [-0.25, -0.2) is 19.9 Å². The maximum absolute atomic E-state index is 10.1. The van der Waals surface area contributed by atoms with Crippen LogP contribution in [0.5, 0.6) is 17.2 Å². The third kappa shape index (κ3) is 11.8. The van der Waals surface area contributed by atoms with Crippen molar-refractivity contribution in [2.75, 3.05) is 0 Å². The first kappa shape index (κ1) is 59.7. The maximum Gasteiger partial charge on any atom is 0.137 e. The summed E-state index contributed by atoms with van der Waals surface area (Å²) in [4.78, 5) is 18.8. The number of ether oxygens (including phenoxy) is 1. The van der Waals surface area contributed by atoms with Gasteiger partial charge in [-0.2, -0.15) is 0 Å². The zero-order valence-electron chi connectivity index (χ0n) is 53.2. The summed E-state index contributed by atoms with van der Waals surface area (Å²) in [7, 11) is 0. The van der Waals surface area contributed by atoms with Crippen molar-refractivity contribution in [2.24, 2.45) is 0 Å². The molecule has 0 saturated heterocycles. The summed E-state index contributed by atoms with van der Waals surface area (Å²) in [6.45, 7) is 17.7. The van der Waals surface area contributed by atoms with Gasteiger partial charge < -0.3 is 9.84 Å². The average molecular weight is 1280 g/mol. The lowest BCUT2D eigenvalue weighted by molar-refractivity contribution is 0.476. The molecule has 0 fully saturated rings. The highest BCUT2D eigenvalue weighted by atomic mass is 79.9. The van der Waals surface area contributed by atoms with E-state index in [4.69, 9.17) is 14.7 Å². The molecule has 0 saturated carbocycles. The Labute approximate surface area is 549 Å². The third-order valence-electron chi connectivity index (χ3n) is 17.4. The van der Waals surface area contributed by atoms with Gasteiger partial charge in [0.25, 0.3) is 0 Å². The third-order valence-corrected chi connectivity index (χ3v) is 17.9. The summed E-state index contributed by atoms with van der Waals surface area (Å²) >= 11 is 3.48. The number of phenolic OH excluding ortho intramolecular Hbond substituents is 1. The van der Waals surface area contributed by atoms with E-state index in [2.05, 4.69) is 239 Å². The smallest absolute Gasteiger partial charge is 0.137 e. The Balaban J connectivity index is 0.000000136. The fraction of sp³-hybridized carbons (Fsp3) is 0.122. The molecule has 11 heteroatoms. The zero-order chi connectivity index (χ0) is 64.1. The van der Waals surface area contributed by atoms with Crippen LogP contribution in [0.4, 0.5) is 0 Å². The lowest BCUT2D eigenvalue weighted by atomic mass is 9.86. The molecule has 0 amide bonds. The minimum absolute atomic E-state index is 0.118. The Morgan fingerprint density at radius 3 is 1.30 bits per heavy atom. The molecular weight excluding hydrogens is 1210 g/mol. The topological polar surface area (TPSA) is 101 Å². The van der Waals surface area contributed by atoms with Gasteiger partial charge in [-0.1, -0.05) is 179 Å². The fourth-order valence-corrected chi connectivity index (χ4v) is 12.9. The molecule has 0 aliphatic rings. The molecule has 93 heavy (non-hydrogen) atoms. The van der Waals surface area contributed by atoms with E-state index >= 15 is 0 Å². The predicted molar refractivity (Wildman–Crippen MR) is 386 cm³/mol. The van der Waals surface area contributed by atoms with Crippen LogP contribution in [0.3, 0.4) is 0 Å². The molecule has 0 radical (unpaired) electrons. The highest BCUT2D eigenvalue weighted by Crippen LogP contribution is 2.39. The van der Waals surface area contributed by atoms with E-state index in [1.54, 1.807) is 6.07 Å². The first-order chi connectivity index (χ1) is 45.0. The summed E-state index contributed by atoms with van der Waals surface area (Å²) in [6, 6.07) is 83.1. The van der Waals surface area contributed by atoms with Crippen LogP contribution in [-0.4, -0.2) is 43.3 Å². The molecule has 6 heterocycles. The van der Waals surface area contributed by atoms with Crippen molar-refractivity contribution in [1.82, 2.24) is 38.2 Å². The monoisotopic (exact) mass is 1280 g/mol. The number of aromatic hydroxyl groups is 1. The van der Waals surface area contributed by atoms with E-state index in [1.807, 2.05) is 122 Å². The summed E-state index contributed by atoms with van der Waals surface area (Å²) in [5, 5.41) is 14.7. The second-order valence-electron chi connectivity index (χ2n) is 25.7. The number of aryl methyl sites for hydroxylation is 2. The van der Waals surface area contributed by atoms with Crippen molar-refractivity contribution < 1.29 is 9.84 Å². The highest BCUT2D eigenvalue weighted by molar-refractivity contribution is 9.10. The normalized spacial score (nSPS) is 11.8. The van der Waals surface area contributed by atoms with Gasteiger partial charge in [-0.05, 0) is 161 Å². The number of para-hydroxylation sites is 6. The Kier molecular flexibility index (Phi) is 15.7. The summed E-state index contributed by atoms with van der Waals surface area (Å²) in [6.07, 6.45) is 7.67. The molecule has 16 aromatic rings. The van der Waals surface area contributed by atoms with Crippen LogP contribution in [-0.2, 0) is 10.8 Å². The van der Waals surface area contributed by atoms with Crippen LogP contribution in [0.25, 0.3) is 111 Å². The number of imidazole rings is 2. The summed E-state index contributed by atoms with van der Waals surface area (Å²) < 4.78 is 16.1. The Bertz CT molecular complexity index is 5450. The van der Waals surface area contributed by atoms with Crippen molar-refractivity contribution in [3.63, 3.8) is 0 Å². The van der Waals surface area contributed by atoms with Crippen LogP contribution in [0, 0.1) is 13.8 Å². The first-order valence-electron chi connectivity index (χ1n) is 31.3. The number of hydrogen-bond acceptors (Lipinski definition) is 6. The minimum atomic E-state index is 0.118. The molecule has 0 aliphatic heterocycles. The van der Waals surface area contributed by atoms with Gasteiger partial charge in [-0.15, -0.1) is 0 Å². The van der Waals surface area contributed by atoms with Gasteiger partial charge in [0.1, 0.15) is 41.5 Å². The van der Waals surface area contributed by atoms with Gasteiger partial charge in [0, 0.05) is 73.4 Å². The quantitative estimate of drug-likeness (QED) is 0.163. The molecule has 0 spiro atoms. The van der Waals surface area contributed by atoms with Gasteiger partial charge in [-0.3, -0.25) is 18.3 Å². The summed E-state index contributed by atoms with van der Waals surface area (Å²) in [5.41, 5.74) is 20.3. The number of pyridine rings is 2. The standard InChI is InChI=1S/C41H34N4O.C28H26N2O.C13H9BrN2/c1-27-22-40(42-25-35(27)28-16-18-29(19-17-28)41(2,3)4)45-37-14-7-5-12-33(37)34-21-20-32(24-39(34)45)46-31-11-9-10-30(23-31)44-26-43-36-13-6-8-15-38(36)44;1-18-15-27(29-17-24(18)19-9-11-20(12-10-19)28(2,3)4)30-25-8-6-5-7-22(25)23-14-13-21(31)16-26(23)30;14-10-4-3-5-11(8-10)16-9-15-12-6-1-2-7-13(12)16/h5-26H,1-4H3;5-17,31H,1-4H3;1-9H.